The number of hydrogen-bond donors (Lipinski definition) is 2. The maximum atomic E-state index is 12.6. The Labute approximate surface area is 216 Å². The van der Waals surface area contributed by atoms with Crippen molar-refractivity contribution in [2.75, 3.05) is 31.6 Å². The van der Waals surface area contributed by atoms with Gasteiger partial charge in [0.1, 0.15) is 0 Å². The Balaban J connectivity index is 1.47. The van der Waals surface area contributed by atoms with Gasteiger partial charge in [0.05, 0.1) is 25.4 Å². The Hall–Kier alpha value is -3.98. The highest BCUT2D eigenvalue weighted by atomic mass is 16.5. The fourth-order valence-corrected chi connectivity index (χ4v) is 4.41. The summed E-state index contributed by atoms with van der Waals surface area (Å²) in [5.41, 5.74) is 3.56. The number of amides is 2. The molecule has 2 amide bonds. The highest BCUT2D eigenvalue weighted by molar-refractivity contribution is 5.84. The average molecular weight is 504 g/mol. The fourth-order valence-electron chi connectivity index (χ4n) is 4.41. The minimum atomic E-state index is -0.531. The van der Waals surface area contributed by atoms with Gasteiger partial charge in [-0.2, -0.15) is 5.10 Å². The molecule has 37 heavy (non-hydrogen) atoms. The molecule has 0 bridgehead atoms. The molecule has 0 spiro atoms. The molecule has 0 atom stereocenters. The summed E-state index contributed by atoms with van der Waals surface area (Å²) in [5.74, 6) is 0.00550. The largest absolute Gasteiger partial charge is 0.450 e. The van der Waals surface area contributed by atoms with Gasteiger partial charge in [0, 0.05) is 23.9 Å². The summed E-state index contributed by atoms with van der Waals surface area (Å²) < 4.78 is 6.32. The second kappa shape index (κ2) is 12.8. The van der Waals surface area contributed by atoms with Crippen molar-refractivity contribution in [2.45, 2.75) is 39.3 Å². The number of ether oxygens (including phenoxy) is 1. The van der Waals surface area contributed by atoms with E-state index in [9.17, 15) is 14.4 Å². The molecule has 194 valence electrons. The number of carbonyl (C=O) groups is 2. The lowest BCUT2D eigenvalue weighted by atomic mass is 10.0. The van der Waals surface area contributed by atoms with Crippen LogP contribution in [0.15, 0.2) is 65.5 Å². The smallest absolute Gasteiger partial charge is 0.411 e. The van der Waals surface area contributed by atoms with E-state index in [-0.39, 0.29) is 24.6 Å². The lowest BCUT2D eigenvalue weighted by molar-refractivity contribution is -0.122. The minimum absolute atomic E-state index is 0.00550. The van der Waals surface area contributed by atoms with E-state index in [4.69, 9.17) is 4.74 Å². The lowest BCUT2D eigenvalue weighted by Crippen LogP contribution is -2.39. The number of nitrogens with zero attached hydrogens (tertiary/aromatic N) is 3. The van der Waals surface area contributed by atoms with Crippen molar-refractivity contribution < 1.29 is 14.3 Å². The third-order valence-corrected chi connectivity index (χ3v) is 6.23. The molecule has 0 aliphatic carbocycles. The number of carbonyl (C=O) groups excluding carboxylic acids is 2. The molecule has 2 N–H and O–H groups in total. The number of anilines is 1. The van der Waals surface area contributed by atoms with Crippen molar-refractivity contribution in [3.05, 3.63) is 82.1 Å². The van der Waals surface area contributed by atoms with Crippen LogP contribution in [0.4, 0.5) is 10.5 Å². The summed E-state index contributed by atoms with van der Waals surface area (Å²) in [7, 11) is 0. The van der Waals surface area contributed by atoms with Crippen LogP contribution < -0.4 is 16.2 Å². The predicted molar refractivity (Wildman–Crippen MR) is 142 cm³/mol. The zero-order valence-corrected chi connectivity index (χ0v) is 21.1. The number of likely N-dealkylation sites (tertiary alicyclic amines) is 1. The predicted octanol–water partition coefficient (Wildman–Crippen LogP) is 3.63. The Kier molecular flexibility index (Phi) is 9.04. The number of piperidine rings is 1. The topological polar surface area (TPSA) is 106 Å². The highest BCUT2D eigenvalue weighted by Gasteiger charge is 2.15. The summed E-state index contributed by atoms with van der Waals surface area (Å²) >= 11 is 0. The van der Waals surface area contributed by atoms with E-state index in [0.717, 1.165) is 42.6 Å². The molecule has 2 aromatic carbocycles. The van der Waals surface area contributed by atoms with E-state index >= 15 is 0 Å². The van der Waals surface area contributed by atoms with Crippen LogP contribution in [-0.2, 0) is 22.6 Å². The maximum Gasteiger partial charge on any atom is 0.411 e. The van der Waals surface area contributed by atoms with Crippen LogP contribution in [0, 0.1) is 0 Å². The molecule has 1 aromatic heterocycles. The van der Waals surface area contributed by atoms with Crippen molar-refractivity contribution in [1.82, 2.24) is 20.0 Å². The monoisotopic (exact) mass is 503 g/mol. The van der Waals surface area contributed by atoms with E-state index in [2.05, 4.69) is 20.6 Å². The van der Waals surface area contributed by atoms with Crippen LogP contribution in [0.25, 0.3) is 11.3 Å². The van der Waals surface area contributed by atoms with E-state index in [1.807, 2.05) is 30.3 Å². The Morgan fingerprint density at radius 2 is 1.81 bits per heavy atom. The first-order chi connectivity index (χ1) is 18.0. The molecule has 1 aliphatic heterocycles. The highest BCUT2D eigenvalue weighted by Crippen LogP contribution is 2.21. The van der Waals surface area contributed by atoms with Gasteiger partial charge < -0.3 is 10.1 Å². The first-order valence-electron chi connectivity index (χ1n) is 12.7. The van der Waals surface area contributed by atoms with Crippen LogP contribution in [0.5, 0.6) is 0 Å². The molecule has 1 fully saturated rings. The summed E-state index contributed by atoms with van der Waals surface area (Å²) in [6, 6.07) is 18.1. The van der Waals surface area contributed by atoms with E-state index in [1.165, 1.54) is 17.2 Å². The SMILES string of the molecule is CCOC(=O)Nc1cccc(Cn2nc(-c3ccccc3CNC(=O)CN3CCCCC3)ccc2=O)c1. The Bertz CT molecular complexity index is 1280. The van der Waals surface area contributed by atoms with Crippen molar-refractivity contribution >= 4 is 17.7 Å². The van der Waals surface area contributed by atoms with E-state index in [1.54, 1.807) is 31.2 Å². The molecule has 3 aromatic rings. The zero-order valence-electron chi connectivity index (χ0n) is 21.1. The quantitative estimate of drug-likeness (QED) is 0.462. The molecular formula is C28H33N5O4. The van der Waals surface area contributed by atoms with Gasteiger partial charge >= 0.3 is 6.09 Å². The van der Waals surface area contributed by atoms with Crippen molar-refractivity contribution in [3.8, 4) is 11.3 Å². The van der Waals surface area contributed by atoms with Gasteiger partial charge in [-0.1, -0.05) is 42.8 Å². The van der Waals surface area contributed by atoms with Gasteiger partial charge in [-0.3, -0.25) is 19.8 Å². The van der Waals surface area contributed by atoms with Gasteiger partial charge in [0.2, 0.25) is 5.91 Å². The number of aromatic nitrogens is 2. The van der Waals surface area contributed by atoms with Crippen molar-refractivity contribution in [3.63, 3.8) is 0 Å². The summed E-state index contributed by atoms with van der Waals surface area (Å²) in [5, 5.41) is 10.3. The molecule has 1 saturated heterocycles. The molecule has 1 aliphatic rings. The van der Waals surface area contributed by atoms with Crippen LogP contribution >= 0.6 is 0 Å². The van der Waals surface area contributed by atoms with E-state index < -0.39 is 6.09 Å². The zero-order chi connectivity index (χ0) is 26.0. The summed E-state index contributed by atoms with van der Waals surface area (Å²) in [4.78, 5) is 39.0. The molecular weight excluding hydrogens is 470 g/mol. The molecule has 2 heterocycles. The van der Waals surface area contributed by atoms with Gasteiger partial charge in [-0.15, -0.1) is 0 Å². The fraction of sp³-hybridized carbons (Fsp3) is 0.357. The van der Waals surface area contributed by atoms with Crippen LogP contribution in [0.2, 0.25) is 0 Å². The molecule has 0 radical (unpaired) electrons. The van der Waals surface area contributed by atoms with Gasteiger partial charge in [0.25, 0.3) is 5.56 Å². The first-order valence-corrected chi connectivity index (χ1v) is 12.7. The summed E-state index contributed by atoms with van der Waals surface area (Å²) in [6.07, 6.45) is 2.99. The Morgan fingerprint density at radius 3 is 2.62 bits per heavy atom. The average Bonchev–Trinajstić information content (AvgIpc) is 2.90. The molecule has 0 unspecified atom stereocenters. The second-order valence-corrected chi connectivity index (χ2v) is 9.03. The van der Waals surface area contributed by atoms with Crippen LogP contribution in [0.1, 0.15) is 37.3 Å². The standard InChI is InChI=1S/C28H33N5O4/c1-2-37-28(36)30-23-11-8-9-21(17-23)19-33-27(35)14-13-25(31-33)24-12-5-4-10-22(24)18-29-26(34)20-32-15-6-3-7-16-32/h4-5,8-14,17H,2-3,6-7,15-16,18-20H2,1H3,(H,29,34)(H,30,36). The van der Waals surface area contributed by atoms with Crippen LogP contribution in [0.3, 0.4) is 0 Å². The summed E-state index contributed by atoms with van der Waals surface area (Å²) in [6.45, 7) is 4.99. The lowest BCUT2D eigenvalue weighted by Gasteiger charge is -2.25. The van der Waals surface area contributed by atoms with Crippen molar-refractivity contribution in [1.29, 1.82) is 0 Å². The number of nitrogens with one attached hydrogen (secondary N) is 2. The second-order valence-electron chi connectivity index (χ2n) is 9.03. The van der Waals surface area contributed by atoms with Crippen molar-refractivity contribution in [2.24, 2.45) is 0 Å². The third kappa shape index (κ3) is 7.50. The normalized spacial score (nSPS) is 13.6. The number of hydrogen-bond acceptors (Lipinski definition) is 6. The van der Waals surface area contributed by atoms with Gasteiger partial charge in [0.15, 0.2) is 0 Å². The van der Waals surface area contributed by atoms with Gasteiger partial charge in [-0.25, -0.2) is 9.48 Å². The number of rotatable bonds is 9. The molecule has 0 saturated carbocycles. The Morgan fingerprint density at radius 1 is 1.00 bits per heavy atom. The molecule has 4 rings (SSSR count). The van der Waals surface area contributed by atoms with Gasteiger partial charge in [-0.05, 0) is 62.2 Å². The first kappa shape index (κ1) is 26.1. The van der Waals surface area contributed by atoms with Crippen LogP contribution in [-0.4, -0.2) is 52.9 Å². The number of benzene rings is 2. The third-order valence-electron chi connectivity index (χ3n) is 6.23. The molecule has 9 nitrogen and oxygen atoms in total. The molecule has 9 heteroatoms. The van der Waals surface area contributed by atoms with E-state index in [0.29, 0.717) is 24.5 Å². The maximum absolute atomic E-state index is 12.6. The minimum Gasteiger partial charge on any atom is -0.450 e.